The number of benzene rings is 1. The molecule has 2 rings (SSSR count). The van der Waals surface area contributed by atoms with Crippen molar-refractivity contribution < 1.29 is 4.74 Å². The lowest BCUT2D eigenvalue weighted by Gasteiger charge is -2.25. The zero-order chi connectivity index (χ0) is 11.2. The van der Waals surface area contributed by atoms with Crippen molar-refractivity contribution in [2.24, 2.45) is 0 Å². The van der Waals surface area contributed by atoms with Gasteiger partial charge < -0.3 is 4.74 Å². The van der Waals surface area contributed by atoms with E-state index in [1.165, 1.54) is 11.1 Å². The molecule has 0 radical (unpaired) electrons. The van der Waals surface area contributed by atoms with Crippen LogP contribution in [0.4, 0.5) is 0 Å². The van der Waals surface area contributed by atoms with Crippen molar-refractivity contribution in [3.8, 4) is 0 Å². The number of ether oxygens (including phenoxy) is 1. The predicted molar refractivity (Wildman–Crippen MR) is 71.5 cm³/mol. The van der Waals surface area contributed by atoms with E-state index in [0.29, 0.717) is 0 Å². The maximum absolute atomic E-state index is 5.83. The van der Waals surface area contributed by atoms with Crippen LogP contribution in [-0.4, -0.2) is 24.0 Å². The fraction of sp³-hybridized carbons (Fsp3) is 0.538. The minimum atomic E-state index is 0.283. The van der Waals surface area contributed by atoms with E-state index in [0.717, 1.165) is 36.8 Å². The molecule has 0 spiro atoms. The van der Waals surface area contributed by atoms with Crippen molar-refractivity contribution in [3.05, 3.63) is 35.4 Å². The molecule has 1 aromatic carbocycles. The molecule has 1 aliphatic heterocycles. The summed E-state index contributed by atoms with van der Waals surface area (Å²) in [5.74, 6) is 2.94. The van der Waals surface area contributed by atoms with Crippen LogP contribution in [0.5, 0.6) is 0 Å². The first-order chi connectivity index (χ1) is 7.92. The third kappa shape index (κ3) is 3.16. The summed E-state index contributed by atoms with van der Waals surface area (Å²) in [6.45, 7) is 0.859. The Morgan fingerprint density at radius 3 is 3.12 bits per heavy atom. The van der Waals surface area contributed by atoms with Crippen molar-refractivity contribution >= 4 is 23.4 Å². The third-order valence-corrected chi connectivity index (χ3v) is 4.17. The number of thioether (sulfide) groups is 1. The van der Waals surface area contributed by atoms with Gasteiger partial charge in [-0.2, -0.15) is 11.8 Å². The van der Waals surface area contributed by atoms with Gasteiger partial charge in [-0.25, -0.2) is 0 Å². The molecule has 0 saturated carbocycles. The van der Waals surface area contributed by atoms with Gasteiger partial charge in [-0.05, 0) is 29.7 Å². The fourth-order valence-corrected chi connectivity index (χ4v) is 3.26. The summed E-state index contributed by atoms with van der Waals surface area (Å²) in [5.41, 5.74) is 2.84. The van der Waals surface area contributed by atoms with Crippen molar-refractivity contribution in [2.75, 3.05) is 24.0 Å². The monoisotopic (exact) mass is 256 g/mol. The molecular formula is C13H17ClOS. The normalized spacial score (nSPS) is 19.4. The van der Waals surface area contributed by atoms with E-state index >= 15 is 0 Å². The summed E-state index contributed by atoms with van der Waals surface area (Å²) < 4.78 is 5.83. The highest BCUT2D eigenvalue weighted by atomic mass is 35.5. The first-order valence-corrected chi connectivity index (χ1v) is 7.44. The predicted octanol–water partition coefficient (Wildman–Crippen LogP) is 3.66. The number of rotatable bonds is 5. The van der Waals surface area contributed by atoms with Gasteiger partial charge in [0.1, 0.15) is 0 Å². The molecule has 3 heteroatoms. The number of halogens is 1. The summed E-state index contributed by atoms with van der Waals surface area (Å²) in [4.78, 5) is 0. The van der Waals surface area contributed by atoms with Crippen LogP contribution in [0.25, 0.3) is 0 Å². The zero-order valence-corrected chi connectivity index (χ0v) is 10.9. The summed E-state index contributed by atoms with van der Waals surface area (Å²) in [6, 6.07) is 8.63. The van der Waals surface area contributed by atoms with Crippen LogP contribution >= 0.6 is 23.4 Å². The second kappa shape index (κ2) is 6.53. The van der Waals surface area contributed by atoms with E-state index in [-0.39, 0.29) is 6.10 Å². The number of hydrogen-bond donors (Lipinski definition) is 0. The number of fused-ring (bicyclic) bond motifs is 1. The molecule has 0 saturated heterocycles. The molecule has 1 aromatic rings. The van der Waals surface area contributed by atoms with Crippen LogP contribution in [0.1, 0.15) is 23.7 Å². The lowest BCUT2D eigenvalue weighted by molar-refractivity contribution is 0.0588. The van der Waals surface area contributed by atoms with Gasteiger partial charge in [0.25, 0.3) is 0 Å². The minimum Gasteiger partial charge on any atom is -0.372 e. The van der Waals surface area contributed by atoms with Crippen LogP contribution in [0.3, 0.4) is 0 Å². The Morgan fingerprint density at radius 1 is 1.38 bits per heavy atom. The Kier molecular flexibility index (Phi) is 5.01. The van der Waals surface area contributed by atoms with Gasteiger partial charge in [0.2, 0.25) is 0 Å². The number of alkyl halides is 1. The van der Waals surface area contributed by atoms with Crippen molar-refractivity contribution in [1.82, 2.24) is 0 Å². The fourth-order valence-electron chi connectivity index (χ4n) is 1.96. The van der Waals surface area contributed by atoms with E-state index in [1.807, 2.05) is 11.8 Å². The second-order valence-electron chi connectivity index (χ2n) is 3.93. The molecule has 16 heavy (non-hydrogen) atoms. The molecule has 0 fully saturated rings. The van der Waals surface area contributed by atoms with Gasteiger partial charge in [0.15, 0.2) is 0 Å². The van der Waals surface area contributed by atoms with Crippen LogP contribution in [0.2, 0.25) is 0 Å². The maximum Gasteiger partial charge on any atom is 0.0918 e. The average Bonchev–Trinajstić information content (AvgIpc) is 2.35. The van der Waals surface area contributed by atoms with Crippen LogP contribution in [-0.2, 0) is 11.2 Å². The molecule has 1 heterocycles. The van der Waals surface area contributed by atoms with E-state index in [9.17, 15) is 0 Å². The molecule has 88 valence electrons. The molecular weight excluding hydrogens is 240 g/mol. The molecule has 1 unspecified atom stereocenters. The Labute approximate surface area is 107 Å². The van der Waals surface area contributed by atoms with Gasteiger partial charge in [-0.1, -0.05) is 24.3 Å². The van der Waals surface area contributed by atoms with E-state index in [1.54, 1.807) is 0 Å². The molecule has 0 bridgehead atoms. The average molecular weight is 257 g/mol. The Morgan fingerprint density at radius 2 is 2.25 bits per heavy atom. The summed E-state index contributed by atoms with van der Waals surface area (Å²) in [7, 11) is 0. The van der Waals surface area contributed by atoms with E-state index in [2.05, 4.69) is 24.3 Å². The SMILES string of the molecule is ClCCCSCC1OCCc2ccccc21. The molecule has 0 N–H and O–H groups in total. The topological polar surface area (TPSA) is 9.23 Å². The highest BCUT2D eigenvalue weighted by Gasteiger charge is 2.19. The van der Waals surface area contributed by atoms with Crippen molar-refractivity contribution in [1.29, 1.82) is 0 Å². The van der Waals surface area contributed by atoms with Gasteiger partial charge >= 0.3 is 0 Å². The molecule has 1 aliphatic rings. The highest BCUT2D eigenvalue weighted by Crippen LogP contribution is 2.29. The standard InChI is InChI=1S/C13H17ClOS/c14-7-3-9-16-10-13-12-5-2-1-4-11(12)6-8-15-13/h1-2,4-5,13H,3,6-10H2. The quantitative estimate of drug-likeness (QED) is 0.587. The van der Waals surface area contributed by atoms with E-state index < -0.39 is 0 Å². The van der Waals surface area contributed by atoms with Gasteiger partial charge in [0.05, 0.1) is 12.7 Å². The molecule has 0 aliphatic carbocycles. The molecule has 1 atom stereocenters. The van der Waals surface area contributed by atoms with Crippen molar-refractivity contribution in [2.45, 2.75) is 18.9 Å². The molecule has 0 amide bonds. The Bertz CT molecular complexity index is 329. The maximum atomic E-state index is 5.83. The minimum absolute atomic E-state index is 0.283. The summed E-state index contributed by atoms with van der Waals surface area (Å²) >= 11 is 7.60. The Hall–Kier alpha value is -0.180. The van der Waals surface area contributed by atoms with Gasteiger partial charge in [-0.15, -0.1) is 11.6 Å². The van der Waals surface area contributed by atoms with Gasteiger partial charge in [-0.3, -0.25) is 0 Å². The van der Waals surface area contributed by atoms with Crippen LogP contribution in [0, 0.1) is 0 Å². The van der Waals surface area contributed by atoms with Crippen LogP contribution < -0.4 is 0 Å². The first kappa shape index (κ1) is 12.3. The lowest BCUT2D eigenvalue weighted by atomic mass is 9.99. The summed E-state index contributed by atoms with van der Waals surface area (Å²) in [6.07, 6.45) is 2.42. The number of hydrogen-bond acceptors (Lipinski definition) is 2. The lowest BCUT2D eigenvalue weighted by Crippen LogP contribution is -2.18. The van der Waals surface area contributed by atoms with Gasteiger partial charge in [0, 0.05) is 11.6 Å². The molecule has 1 nitrogen and oxygen atoms in total. The van der Waals surface area contributed by atoms with Crippen molar-refractivity contribution in [3.63, 3.8) is 0 Å². The van der Waals surface area contributed by atoms with E-state index in [4.69, 9.17) is 16.3 Å². The summed E-state index contributed by atoms with van der Waals surface area (Å²) in [5, 5.41) is 0. The smallest absolute Gasteiger partial charge is 0.0918 e. The second-order valence-corrected chi connectivity index (χ2v) is 5.45. The molecule has 0 aromatic heterocycles. The largest absolute Gasteiger partial charge is 0.372 e. The highest BCUT2D eigenvalue weighted by molar-refractivity contribution is 7.99. The third-order valence-electron chi connectivity index (χ3n) is 2.78. The first-order valence-electron chi connectivity index (χ1n) is 5.75. The zero-order valence-electron chi connectivity index (χ0n) is 9.32. The van der Waals surface area contributed by atoms with Crippen LogP contribution in [0.15, 0.2) is 24.3 Å². The Balaban J connectivity index is 1.91.